The maximum Gasteiger partial charge on any atom is 0.328 e. The van der Waals surface area contributed by atoms with Gasteiger partial charge in [0.15, 0.2) is 0 Å². The van der Waals surface area contributed by atoms with E-state index >= 15 is 0 Å². The van der Waals surface area contributed by atoms with Gasteiger partial charge in [-0.15, -0.1) is 0 Å². The molecule has 0 aromatic heterocycles. The molecule has 0 saturated carbocycles. The highest BCUT2D eigenvalue weighted by atomic mass is 19.1. The number of esters is 1. The van der Waals surface area contributed by atoms with E-state index in [1.807, 2.05) is 0 Å². The van der Waals surface area contributed by atoms with Gasteiger partial charge >= 0.3 is 11.7 Å². The molecule has 1 aromatic carbocycles. The molecule has 0 fully saturated rings. The Kier molecular flexibility index (Phi) is 4.59. The smallest absolute Gasteiger partial charge is 0.328 e. The summed E-state index contributed by atoms with van der Waals surface area (Å²) in [6, 6.07) is 2.72. The Morgan fingerprint density at radius 3 is 2.78 bits per heavy atom. The number of methoxy groups -OCH3 is 1. The number of nitrogens with zero attached hydrogens (tertiary/aromatic N) is 1. The maximum absolute atomic E-state index is 13.1. The van der Waals surface area contributed by atoms with E-state index < -0.39 is 28.4 Å². The van der Waals surface area contributed by atoms with Gasteiger partial charge in [-0.3, -0.25) is 10.1 Å². The molecule has 0 radical (unpaired) electrons. The SMILES string of the molecule is CCC(Nc1ccc(F)c([N+](=O)[O-])c1)C(=O)OC. The standard InChI is InChI=1S/C11H13FN2O4/c1-3-9(11(15)18-2)13-7-4-5-8(12)10(6-7)14(16)17/h4-6,9,13H,3H2,1-2H3. The van der Waals surface area contributed by atoms with E-state index in [0.29, 0.717) is 12.1 Å². The van der Waals surface area contributed by atoms with Crippen LogP contribution < -0.4 is 5.32 Å². The first-order valence-electron chi connectivity index (χ1n) is 5.27. The van der Waals surface area contributed by atoms with E-state index in [9.17, 15) is 19.3 Å². The highest BCUT2D eigenvalue weighted by molar-refractivity contribution is 5.79. The molecule has 0 amide bonds. The van der Waals surface area contributed by atoms with Gasteiger partial charge in [0.05, 0.1) is 12.0 Å². The largest absolute Gasteiger partial charge is 0.467 e. The molecule has 0 saturated heterocycles. The number of anilines is 1. The van der Waals surface area contributed by atoms with E-state index in [4.69, 9.17) is 0 Å². The Morgan fingerprint density at radius 2 is 2.28 bits per heavy atom. The van der Waals surface area contributed by atoms with E-state index in [1.165, 1.54) is 13.2 Å². The van der Waals surface area contributed by atoms with E-state index in [1.54, 1.807) is 6.92 Å². The van der Waals surface area contributed by atoms with Crippen molar-refractivity contribution in [2.45, 2.75) is 19.4 Å². The second kappa shape index (κ2) is 5.95. The summed E-state index contributed by atoms with van der Waals surface area (Å²) in [5, 5.41) is 13.3. The molecule has 0 spiro atoms. The molecule has 0 aliphatic carbocycles. The van der Waals surface area contributed by atoms with Crippen molar-refractivity contribution >= 4 is 17.3 Å². The topological polar surface area (TPSA) is 81.5 Å². The minimum Gasteiger partial charge on any atom is -0.467 e. The maximum atomic E-state index is 13.1. The Labute approximate surface area is 103 Å². The molecule has 0 bridgehead atoms. The van der Waals surface area contributed by atoms with E-state index in [0.717, 1.165) is 12.1 Å². The van der Waals surface area contributed by atoms with Crippen molar-refractivity contribution in [1.82, 2.24) is 0 Å². The third kappa shape index (κ3) is 3.16. The van der Waals surface area contributed by atoms with Crippen molar-refractivity contribution < 1.29 is 18.8 Å². The highest BCUT2D eigenvalue weighted by Crippen LogP contribution is 2.22. The Morgan fingerprint density at radius 1 is 1.61 bits per heavy atom. The number of benzene rings is 1. The van der Waals surface area contributed by atoms with Crippen LogP contribution in [-0.2, 0) is 9.53 Å². The number of ether oxygens (including phenoxy) is 1. The van der Waals surface area contributed by atoms with Gasteiger partial charge in [0.2, 0.25) is 5.82 Å². The monoisotopic (exact) mass is 256 g/mol. The number of nitro groups is 1. The third-order valence-corrected chi connectivity index (χ3v) is 2.38. The molecule has 7 heteroatoms. The number of hydrogen-bond acceptors (Lipinski definition) is 5. The van der Waals surface area contributed by atoms with Gasteiger partial charge in [0, 0.05) is 11.8 Å². The van der Waals surface area contributed by atoms with Gasteiger partial charge in [0.1, 0.15) is 6.04 Å². The lowest BCUT2D eigenvalue weighted by molar-refractivity contribution is -0.387. The molecule has 1 N–H and O–H groups in total. The van der Waals surface area contributed by atoms with Crippen molar-refractivity contribution in [2.75, 3.05) is 12.4 Å². The summed E-state index contributed by atoms with van der Waals surface area (Å²) in [5.74, 6) is -1.40. The van der Waals surface area contributed by atoms with Gasteiger partial charge in [0.25, 0.3) is 0 Å². The Bertz CT molecular complexity index is 464. The summed E-state index contributed by atoms with van der Waals surface area (Å²) in [4.78, 5) is 21.1. The van der Waals surface area contributed by atoms with Crippen LogP contribution in [0.5, 0.6) is 0 Å². The average molecular weight is 256 g/mol. The number of halogens is 1. The lowest BCUT2D eigenvalue weighted by Gasteiger charge is -2.15. The summed E-state index contributed by atoms with van der Waals surface area (Å²) < 4.78 is 17.7. The van der Waals surface area contributed by atoms with E-state index in [2.05, 4.69) is 10.1 Å². The predicted octanol–water partition coefficient (Wildman–Crippen LogP) is 2.10. The van der Waals surface area contributed by atoms with Crippen LogP contribution in [0, 0.1) is 15.9 Å². The second-order valence-corrected chi connectivity index (χ2v) is 3.55. The van der Waals surface area contributed by atoms with Crippen LogP contribution in [0.3, 0.4) is 0 Å². The predicted molar refractivity (Wildman–Crippen MR) is 62.8 cm³/mol. The van der Waals surface area contributed by atoms with Crippen LogP contribution in [0.15, 0.2) is 18.2 Å². The molecule has 1 aromatic rings. The lowest BCUT2D eigenvalue weighted by atomic mass is 10.2. The highest BCUT2D eigenvalue weighted by Gasteiger charge is 2.19. The summed E-state index contributed by atoms with van der Waals surface area (Å²) >= 11 is 0. The lowest BCUT2D eigenvalue weighted by Crippen LogP contribution is -2.29. The average Bonchev–Trinajstić information content (AvgIpc) is 2.36. The molecule has 18 heavy (non-hydrogen) atoms. The van der Waals surface area contributed by atoms with Crippen LogP contribution in [0.4, 0.5) is 15.8 Å². The molecule has 0 aliphatic rings. The fourth-order valence-electron chi connectivity index (χ4n) is 1.41. The minimum atomic E-state index is -0.920. The molecule has 1 unspecified atom stereocenters. The second-order valence-electron chi connectivity index (χ2n) is 3.55. The van der Waals surface area contributed by atoms with Crippen molar-refractivity contribution in [3.63, 3.8) is 0 Å². The van der Waals surface area contributed by atoms with Gasteiger partial charge < -0.3 is 10.1 Å². The number of nitro benzene ring substituents is 1. The van der Waals surface area contributed by atoms with Gasteiger partial charge in [-0.05, 0) is 18.6 Å². The zero-order valence-electron chi connectivity index (χ0n) is 9.97. The fraction of sp³-hybridized carbons (Fsp3) is 0.364. The van der Waals surface area contributed by atoms with Gasteiger partial charge in [-0.1, -0.05) is 6.92 Å². The molecule has 98 valence electrons. The molecular formula is C11H13FN2O4. The summed E-state index contributed by atoms with van der Waals surface area (Å²) in [7, 11) is 1.25. The normalized spacial score (nSPS) is 11.7. The van der Waals surface area contributed by atoms with Crippen LogP contribution in [0.2, 0.25) is 0 Å². The van der Waals surface area contributed by atoms with Gasteiger partial charge in [-0.25, -0.2) is 4.79 Å². The van der Waals surface area contributed by atoms with Crippen LogP contribution in [0.25, 0.3) is 0 Å². The van der Waals surface area contributed by atoms with Crippen molar-refractivity contribution in [3.8, 4) is 0 Å². The number of carbonyl (C=O) groups excluding carboxylic acids is 1. The quantitative estimate of drug-likeness (QED) is 0.495. The minimum absolute atomic E-state index is 0.292. The molecule has 0 aliphatic heterocycles. The van der Waals surface area contributed by atoms with Crippen molar-refractivity contribution in [3.05, 3.63) is 34.1 Å². The molecule has 0 heterocycles. The Balaban J connectivity index is 2.94. The summed E-state index contributed by atoms with van der Waals surface area (Å²) in [5.41, 5.74) is -0.347. The molecular weight excluding hydrogens is 243 g/mol. The summed E-state index contributed by atoms with van der Waals surface area (Å²) in [6.45, 7) is 1.76. The first-order chi connectivity index (χ1) is 8.49. The first kappa shape index (κ1) is 13.9. The van der Waals surface area contributed by atoms with Gasteiger partial charge in [-0.2, -0.15) is 4.39 Å². The molecule has 1 rings (SSSR count). The number of carbonyl (C=O) groups is 1. The van der Waals surface area contributed by atoms with Crippen LogP contribution in [-0.4, -0.2) is 24.0 Å². The van der Waals surface area contributed by atoms with Crippen molar-refractivity contribution in [1.29, 1.82) is 0 Å². The zero-order chi connectivity index (χ0) is 13.7. The van der Waals surface area contributed by atoms with E-state index in [-0.39, 0.29) is 0 Å². The Hall–Kier alpha value is -2.18. The summed E-state index contributed by atoms with van der Waals surface area (Å²) in [6.07, 6.45) is 0.442. The van der Waals surface area contributed by atoms with Crippen LogP contribution >= 0.6 is 0 Å². The molecule has 6 nitrogen and oxygen atoms in total. The fourth-order valence-corrected chi connectivity index (χ4v) is 1.41. The zero-order valence-corrected chi connectivity index (χ0v) is 9.97. The van der Waals surface area contributed by atoms with Crippen molar-refractivity contribution in [2.24, 2.45) is 0 Å². The third-order valence-electron chi connectivity index (χ3n) is 2.38. The number of nitrogens with one attached hydrogen (secondary N) is 1. The first-order valence-corrected chi connectivity index (χ1v) is 5.27. The number of hydrogen-bond donors (Lipinski definition) is 1. The number of rotatable bonds is 5. The van der Waals surface area contributed by atoms with Crippen LogP contribution in [0.1, 0.15) is 13.3 Å². The molecule has 1 atom stereocenters.